The second-order valence-corrected chi connectivity index (χ2v) is 9.42. The van der Waals surface area contributed by atoms with Crippen molar-refractivity contribution in [1.82, 2.24) is 0 Å². The fourth-order valence-corrected chi connectivity index (χ4v) is 5.76. The Morgan fingerprint density at radius 1 is 0.719 bits per heavy atom. The first-order chi connectivity index (χ1) is 15.5. The van der Waals surface area contributed by atoms with Gasteiger partial charge in [0.05, 0.1) is 0 Å². The number of hydrogen-bond donors (Lipinski definition) is 0. The van der Waals surface area contributed by atoms with E-state index in [0.29, 0.717) is 13.0 Å². The number of rotatable bonds is 15. The normalized spacial score (nSPS) is 14.1. The molecule has 9 heteroatoms. The summed E-state index contributed by atoms with van der Waals surface area (Å²) in [4.78, 5) is 0. The molecule has 1 unspecified atom stereocenters. The molecule has 0 aliphatic carbocycles. The minimum absolute atomic E-state index is 0.113. The lowest BCUT2D eigenvalue weighted by Crippen LogP contribution is -2.63. The highest BCUT2D eigenvalue weighted by Gasteiger charge is 2.58. The third kappa shape index (κ3) is 6.44. The zero-order valence-electron chi connectivity index (χ0n) is 19.6. The van der Waals surface area contributed by atoms with Crippen molar-refractivity contribution in [2.24, 2.45) is 0 Å². The molecule has 178 valence electrons. The summed E-state index contributed by atoms with van der Waals surface area (Å²) in [6.07, 6.45) is -1.18. The molecule has 0 aliphatic heterocycles. The van der Waals surface area contributed by atoms with E-state index in [4.69, 9.17) is 37.0 Å². The van der Waals surface area contributed by atoms with Gasteiger partial charge in [-0.25, -0.2) is 0 Å². The van der Waals surface area contributed by atoms with Crippen molar-refractivity contribution in [3.8, 4) is 0 Å². The zero-order valence-corrected chi connectivity index (χ0v) is 20.6. The van der Waals surface area contributed by atoms with Crippen molar-refractivity contribution in [1.29, 1.82) is 0 Å². The maximum absolute atomic E-state index is 6.26. The highest BCUT2D eigenvalue weighted by Crippen LogP contribution is 2.31. The van der Waals surface area contributed by atoms with Crippen LogP contribution in [0.3, 0.4) is 0 Å². The summed E-state index contributed by atoms with van der Waals surface area (Å²) in [5, 5.41) is 0. The summed E-state index contributed by atoms with van der Waals surface area (Å²) in [5.41, 5.74) is 2.37. The van der Waals surface area contributed by atoms with E-state index < -0.39 is 20.9 Å². The lowest BCUT2D eigenvalue weighted by molar-refractivity contribution is -0.462. The lowest BCUT2D eigenvalue weighted by atomic mass is 9.89. The molecular weight excluding hydrogens is 432 g/mol. The topological polar surface area (TPSA) is 73.8 Å². The molecule has 1 atom stereocenters. The van der Waals surface area contributed by atoms with Gasteiger partial charge in [0.15, 0.2) is 0 Å². The Hall–Kier alpha value is -1.66. The van der Waals surface area contributed by atoms with E-state index in [0.717, 1.165) is 0 Å². The summed E-state index contributed by atoms with van der Waals surface area (Å²) in [6, 6.07) is 20.5. The van der Waals surface area contributed by atoms with E-state index in [1.807, 2.05) is 36.4 Å². The van der Waals surface area contributed by atoms with E-state index >= 15 is 0 Å². The molecule has 0 amide bonds. The largest absolute Gasteiger partial charge is 0.565 e. The van der Waals surface area contributed by atoms with Gasteiger partial charge in [0.25, 0.3) is 0 Å². The number of hydrogen-bond acceptors (Lipinski definition) is 8. The van der Waals surface area contributed by atoms with Crippen molar-refractivity contribution in [3.05, 3.63) is 71.8 Å². The Balaban J connectivity index is 2.28. The SMILES string of the molecule is COC(OC)[Si](OC)(OCCC(c1ccccc1)c1ccccc1)OC(OC)(OC)OC. The first-order valence-electron chi connectivity index (χ1n) is 10.2. The van der Waals surface area contributed by atoms with Crippen molar-refractivity contribution < 1.29 is 37.0 Å². The predicted molar refractivity (Wildman–Crippen MR) is 121 cm³/mol. The molecule has 0 saturated heterocycles. The second kappa shape index (κ2) is 13.1. The lowest BCUT2D eigenvalue weighted by Gasteiger charge is -2.39. The van der Waals surface area contributed by atoms with E-state index in [2.05, 4.69) is 24.3 Å². The molecule has 0 heterocycles. The Bertz CT molecular complexity index is 707. The van der Waals surface area contributed by atoms with Crippen LogP contribution < -0.4 is 0 Å². The van der Waals surface area contributed by atoms with Gasteiger partial charge in [-0.05, 0) is 17.5 Å². The minimum Gasteiger partial charge on any atom is -0.374 e. The van der Waals surface area contributed by atoms with E-state index in [1.54, 1.807) is 0 Å². The van der Waals surface area contributed by atoms with Crippen LogP contribution in [0.4, 0.5) is 0 Å². The average Bonchev–Trinajstić information content (AvgIpc) is 2.86. The molecule has 0 spiro atoms. The first-order valence-corrected chi connectivity index (χ1v) is 12.0. The molecule has 0 bridgehead atoms. The van der Waals surface area contributed by atoms with Gasteiger partial charge in [-0.2, -0.15) is 0 Å². The summed E-state index contributed by atoms with van der Waals surface area (Å²) in [6.45, 7) is 0.297. The third-order valence-electron chi connectivity index (χ3n) is 5.13. The molecule has 0 aromatic heterocycles. The predicted octanol–water partition coefficient (Wildman–Crippen LogP) is 3.54. The van der Waals surface area contributed by atoms with Gasteiger partial charge in [-0.3, -0.25) is 4.43 Å². The fraction of sp³-hybridized carbons (Fsp3) is 0.478. The molecule has 2 aromatic rings. The maximum Gasteiger partial charge on any atom is 0.565 e. The number of methoxy groups -OCH3 is 5. The van der Waals surface area contributed by atoms with Gasteiger partial charge in [0.2, 0.25) is 5.91 Å². The van der Waals surface area contributed by atoms with Gasteiger partial charge < -0.3 is 32.5 Å². The van der Waals surface area contributed by atoms with Crippen LogP contribution in [0.25, 0.3) is 0 Å². The molecule has 8 nitrogen and oxygen atoms in total. The Morgan fingerprint density at radius 2 is 1.19 bits per heavy atom. The van der Waals surface area contributed by atoms with Crippen LogP contribution in [0, 0.1) is 0 Å². The van der Waals surface area contributed by atoms with E-state index in [1.165, 1.54) is 53.8 Å². The summed E-state index contributed by atoms with van der Waals surface area (Å²) >= 11 is 0. The van der Waals surface area contributed by atoms with Crippen LogP contribution in [0.5, 0.6) is 0 Å². The van der Waals surface area contributed by atoms with Gasteiger partial charge >= 0.3 is 15.0 Å². The number of benzene rings is 2. The van der Waals surface area contributed by atoms with Gasteiger partial charge in [0.1, 0.15) is 0 Å². The van der Waals surface area contributed by atoms with Crippen molar-refractivity contribution in [2.45, 2.75) is 24.4 Å². The van der Waals surface area contributed by atoms with Crippen LogP contribution in [0.1, 0.15) is 23.5 Å². The van der Waals surface area contributed by atoms with Crippen LogP contribution in [-0.2, 0) is 37.0 Å². The molecule has 2 aromatic carbocycles. The standard InChI is InChI=1S/C23H34O8Si/c1-24-22(25-2)32(29-6,31-23(26-3,27-4)28-5)30-18-17-21(19-13-9-7-10-14-19)20-15-11-8-12-16-20/h7-16,21-22H,17-18H2,1-6H3. The van der Waals surface area contributed by atoms with Gasteiger partial charge in [-0.1, -0.05) is 60.7 Å². The Kier molecular flexibility index (Phi) is 10.9. The smallest absolute Gasteiger partial charge is 0.374 e. The first kappa shape index (κ1) is 26.6. The highest BCUT2D eigenvalue weighted by atomic mass is 28.4. The molecule has 0 fully saturated rings. The summed E-state index contributed by atoms with van der Waals surface area (Å²) < 4.78 is 44.8. The third-order valence-corrected chi connectivity index (χ3v) is 7.89. The highest BCUT2D eigenvalue weighted by molar-refractivity contribution is 6.61. The monoisotopic (exact) mass is 466 g/mol. The second-order valence-electron chi connectivity index (χ2n) is 6.84. The molecular formula is C23H34O8Si. The van der Waals surface area contributed by atoms with Gasteiger partial charge in [0, 0.05) is 55.2 Å². The van der Waals surface area contributed by atoms with Crippen LogP contribution in [-0.4, -0.2) is 70.1 Å². The van der Waals surface area contributed by atoms with Gasteiger partial charge in [-0.15, -0.1) is 0 Å². The van der Waals surface area contributed by atoms with Crippen LogP contribution in [0.2, 0.25) is 0 Å². The minimum atomic E-state index is -3.69. The molecule has 32 heavy (non-hydrogen) atoms. The molecule has 0 saturated carbocycles. The van der Waals surface area contributed by atoms with Crippen LogP contribution in [0.15, 0.2) is 60.7 Å². The van der Waals surface area contributed by atoms with Crippen molar-refractivity contribution in [2.75, 3.05) is 49.3 Å². The fourth-order valence-electron chi connectivity index (χ4n) is 3.49. The number of ether oxygens (including phenoxy) is 5. The Labute approximate surface area is 191 Å². The van der Waals surface area contributed by atoms with Crippen LogP contribution >= 0.6 is 0 Å². The average molecular weight is 467 g/mol. The molecule has 0 aliphatic rings. The van der Waals surface area contributed by atoms with E-state index in [9.17, 15) is 0 Å². The Morgan fingerprint density at radius 3 is 1.56 bits per heavy atom. The van der Waals surface area contributed by atoms with Crippen molar-refractivity contribution >= 4 is 8.80 Å². The zero-order chi connectivity index (χ0) is 23.5. The molecule has 0 radical (unpaired) electrons. The molecule has 2 rings (SSSR count). The maximum atomic E-state index is 6.26. The summed E-state index contributed by atoms with van der Waals surface area (Å²) in [7, 11) is 4.90. The molecule has 0 N–H and O–H groups in total. The van der Waals surface area contributed by atoms with E-state index in [-0.39, 0.29) is 5.92 Å². The quantitative estimate of drug-likeness (QED) is 0.292. The van der Waals surface area contributed by atoms with Crippen molar-refractivity contribution in [3.63, 3.8) is 0 Å². The summed E-state index contributed by atoms with van der Waals surface area (Å²) in [5.74, 6) is -0.819.